The molecule has 1 saturated carbocycles. The topological polar surface area (TPSA) is 80.2 Å². The van der Waals surface area contributed by atoms with Crippen molar-refractivity contribution in [1.29, 1.82) is 0 Å². The van der Waals surface area contributed by atoms with E-state index in [0.29, 0.717) is 55.3 Å². The van der Waals surface area contributed by atoms with Gasteiger partial charge in [0.05, 0.1) is 12.1 Å². The number of alkyl halides is 3. The Kier molecular flexibility index (Phi) is 8.41. The lowest BCUT2D eigenvalue weighted by Gasteiger charge is -2.35. The molecule has 1 aliphatic carbocycles. The summed E-state index contributed by atoms with van der Waals surface area (Å²) in [7, 11) is 0. The summed E-state index contributed by atoms with van der Waals surface area (Å²) in [5.41, 5.74) is -0.296. The highest BCUT2D eigenvalue weighted by Crippen LogP contribution is 2.35. The van der Waals surface area contributed by atoms with Crippen molar-refractivity contribution in [2.45, 2.75) is 76.4 Å². The number of fused-ring (bicyclic) bond motifs is 1. The van der Waals surface area contributed by atoms with Gasteiger partial charge in [0.2, 0.25) is 5.91 Å². The molecule has 1 fully saturated rings. The van der Waals surface area contributed by atoms with E-state index >= 15 is 4.39 Å². The lowest BCUT2D eigenvalue weighted by molar-refractivity contribution is -0.121. The third kappa shape index (κ3) is 7.11. The predicted octanol–water partition coefficient (Wildman–Crippen LogP) is 3.75. The maximum absolute atomic E-state index is 15.5. The minimum atomic E-state index is -2.51. The van der Waals surface area contributed by atoms with Crippen LogP contribution in [0.15, 0.2) is 0 Å². The molecule has 2 aromatic heterocycles. The van der Waals surface area contributed by atoms with Crippen molar-refractivity contribution < 1.29 is 22.7 Å². The summed E-state index contributed by atoms with van der Waals surface area (Å²) in [6.45, 7) is 3.46. The first kappa shape index (κ1) is 25.3. The van der Waals surface area contributed by atoms with Crippen LogP contribution in [0.2, 0.25) is 0 Å². The van der Waals surface area contributed by atoms with Gasteiger partial charge in [-0.25, -0.2) is 18.2 Å². The number of carbonyl (C=O) groups excluding carboxylic acids is 1. The van der Waals surface area contributed by atoms with Gasteiger partial charge < -0.3 is 15.0 Å². The summed E-state index contributed by atoms with van der Waals surface area (Å²) in [4.78, 5) is 19.9. The van der Waals surface area contributed by atoms with Crippen LogP contribution in [-0.4, -0.2) is 70.4 Å². The molecule has 0 bridgehead atoms. The van der Waals surface area contributed by atoms with Gasteiger partial charge in [-0.15, -0.1) is 21.5 Å². The number of hydrogen-bond acceptors (Lipinski definition) is 8. The average molecular weight is 518 g/mol. The Morgan fingerprint density at radius 3 is 2.71 bits per heavy atom. The minimum absolute atomic E-state index is 0.00660. The lowest BCUT2D eigenvalue weighted by atomic mass is 9.81. The molecule has 7 nitrogen and oxygen atoms in total. The summed E-state index contributed by atoms with van der Waals surface area (Å²) < 4.78 is 45.2. The number of hydrogen-bond donors (Lipinski definition) is 1. The van der Waals surface area contributed by atoms with Gasteiger partial charge in [0, 0.05) is 37.0 Å². The first-order valence-corrected chi connectivity index (χ1v) is 13.3. The van der Waals surface area contributed by atoms with Crippen LogP contribution in [0.1, 0.15) is 52.7 Å². The quantitative estimate of drug-likeness (QED) is 0.546. The zero-order valence-electron chi connectivity index (χ0n) is 19.2. The maximum atomic E-state index is 15.5. The molecule has 0 spiro atoms. The minimum Gasteiger partial charge on any atom is -0.464 e. The van der Waals surface area contributed by atoms with Gasteiger partial charge in [0.1, 0.15) is 15.7 Å². The molecule has 34 heavy (non-hydrogen) atoms. The first-order valence-electron chi connectivity index (χ1n) is 11.7. The number of amides is 1. The Labute approximate surface area is 205 Å². The molecule has 3 heterocycles. The summed E-state index contributed by atoms with van der Waals surface area (Å²) in [6.07, 6.45) is 1.84. The fourth-order valence-corrected chi connectivity index (χ4v) is 6.18. The van der Waals surface area contributed by atoms with Gasteiger partial charge in [0.25, 0.3) is 11.6 Å². The summed E-state index contributed by atoms with van der Waals surface area (Å²) >= 11 is 2.75. The molecule has 4 rings (SSSR count). The second kappa shape index (κ2) is 11.3. The number of ether oxygens (including phenoxy) is 1. The van der Waals surface area contributed by atoms with Crippen LogP contribution >= 0.6 is 22.7 Å². The lowest BCUT2D eigenvalue weighted by Crippen LogP contribution is -2.43. The van der Waals surface area contributed by atoms with Gasteiger partial charge >= 0.3 is 0 Å². The van der Waals surface area contributed by atoms with Crippen LogP contribution in [0.4, 0.5) is 13.2 Å². The molecule has 0 saturated heterocycles. The Balaban J connectivity index is 1.17. The molecule has 0 radical (unpaired) electrons. The van der Waals surface area contributed by atoms with E-state index in [1.165, 1.54) is 22.7 Å². The molecule has 2 aromatic rings. The molecule has 188 valence electrons. The standard InChI is InChI=1S/C22H30F3N5O2S2/c1-14-28-29-20(33-14)12-19(31)26-15-2-6-22(25,7-3-15)8-11-30-9-4-16-17(5-10-30)34-21(27-16)32-13-18(23)24/h15,18H,2-13H2,1H3,(H,26,31)/t15-,22+. The van der Waals surface area contributed by atoms with E-state index in [4.69, 9.17) is 4.74 Å². The van der Waals surface area contributed by atoms with Crippen LogP contribution in [0, 0.1) is 6.92 Å². The van der Waals surface area contributed by atoms with Crippen molar-refractivity contribution >= 4 is 28.6 Å². The third-order valence-electron chi connectivity index (χ3n) is 6.41. The summed E-state index contributed by atoms with van der Waals surface area (Å²) in [5.74, 6) is -0.0825. The van der Waals surface area contributed by atoms with Crippen molar-refractivity contribution in [1.82, 2.24) is 25.4 Å². The van der Waals surface area contributed by atoms with Crippen LogP contribution < -0.4 is 10.1 Å². The molecule has 1 N–H and O–H groups in total. The molecule has 0 atom stereocenters. The van der Waals surface area contributed by atoms with Crippen molar-refractivity contribution in [3.05, 3.63) is 20.6 Å². The average Bonchev–Trinajstić information content (AvgIpc) is 3.33. The monoisotopic (exact) mass is 517 g/mol. The molecule has 12 heteroatoms. The Bertz CT molecular complexity index is 937. The number of rotatable bonds is 9. The van der Waals surface area contributed by atoms with Gasteiger partial charge in [-0.1, -0.05) is 11.3 Å². The van der Waals surface area contributed by atoms with E-state index in [0.717, 1.165) is 35.1 Å². The smallest absolute Gasteiger partial charge is 0.273 e. The predicted molar refractivity (Wildman–Crippen MR) is 125 cm³/mol. The molecule has 1 aliphatic heterocycles. The molecular formula is C22H30F3N5O2S2. The fourth-order valence-electron chi connectivity index (χ4n) is 4.52. The number of thiazole rings is 1. The maximum Gasteiger partial charge on any atom is 0.273 e. The highest BCUT2D eigenvalue weighted by Gasteiger charge is 2.36. The van der Waals surface area contributed by atoms with E-state index in [2.05, 4.69) is 25.4 Å². The van der Waals surface area contributed by atoms with Crippen LogP contribution in [0.25, 0.3) is 0 Å². The van der Waals surface area contributed by atoms with Crippen molar-refractivity contribution in [3.63, 3.8) is 0 Å². The van der Waals surface area contributed by atoms with Gasteiger partial charge in [-0.05, 0) is 45.4 Å². The fraction of sp³-hybridized carbons (Fsp3) is 0.727. The van der Waals surface area contributed by atoms with Crippen molar-refractivity contribution in [2.75, 3.05) is 26.2 Å². The first-order chi connectivity index (χ1) is 16.3. The Morgan fingerprint density at radius 2 is 2.00 bits per heavy atom. The van der Waals surface area contributed by atoms with E-state index in [1.54, 1.807) is 0 Å². The van der Waals surface area contributed by atoms with Gasteiger partial charge in [-0.2, -0.15) is 0 Å². The Hall–Kier alpha value is -1.79. The summed E-state index contributed by atoms with van der Waals surface area (Å²) in [5, 5.41) is 12.8. The van der Waals surface area contributed by atoms with Crippen LogP contribution in [0.5, 0.6) is 5.19 Å². The Morgan fingerprint density at radius 1 is 1.24 bits per heavy atom. The van der Waals surface area contributed by atoms with E-state index in [-0.39, 0.29) is 18.4 Å². The molecule has 2 aliphatic rings. The normalized spacial score (nSPS) is 23.5. The van der Waals surface area contributed by atoms with E-state index < -0.39 is 18.7 Å². The number of aryl methyl sites for hydroxylation is 1. The molecule has 0 aromatic carbocycles. The third-order valence-corrected chi connectivity index (χ3v) is 8.32. The zero-order valence-corrected chi connectivity index (χ0v) is 20.8. The second-order valence-corrected chi connectivity index (χ2v) is 11.3. The number of aromatic nitrogens is 3. The van der Waals surface area contributed by atoms with Crippen LogP contribution in [0.3, 0.4) is 0 Å². The SMILES string of the molecule is Cc1nnc(CC(=O)N[C@H]2CC[C@](F)(CCN3CCc4nc(OCC(F)F)sc4CC3)CC2)s1. The van der Waals surface area contributed by atoms with E-state index in [9.17, 15) is 13.6 Å². The highest BCUT2D eigenvalue weighted by molar-refractivity contribution is 7.13. The number of carbonyl (C=O) groups is 1. The number of nitrogens with one attached hydrogen (secondary N) is 1. The van der Waals surface area contributed by atoms with Gasteiger partial charge in [-0.3, -0.25) is 4.79 Å². The van der Waals surface area contributed by atoms with Gasteiger partial charge in [0.15, 0.2) is 6.61 Å². The van der Waals surface area contributed by atoms with Crippen molar-refractivity contribution in [3.8, 4) is 5.19 Å². The molecular weight excluding hydrogens is 487 g/mol. The molecule has 0 unspecified atom stereocenters. The van der Waals surface area contributed by atoms with Crippen LogP contribution in [-0.2, 0) is 24.1 Å². The van der Waals surface area contributed by atoms with Crippen molar-refractivity contribution in [2.24, 2.45) is 0 Å². The second-order valence-electron chi connectivity index (χ2n) is 9.03. The zero-order chi connectivity index (χ0) is 24.1. The van der Waals surface area contributed by atoms with E-state index in [1.807, 2.05) is 6.92 Å². The number of nitrogens with zero attached hydrogens (tertiary/aromatic N) is 4. The summed E-state index contributed by atoms with van der Waals surface area (Å²) in [6, 6.07) is 0.00660. The highest BCUT2D eigenvalue weighted by atomic mass is 32.1. The number of halogens is 3. The molecule has 1 amide bonds. The largest absolute Gasteiger partial charge is 0.464 e.